The summed E-state index contributed by atoms with van der Waals surface area (Å²) < 4.78 is 19.1. The Bertz CT molecular complexity index is 835. The van der Waals surface area contributed by atoms with Gasteiger partial charge in [0.25, 0.3) is 0 Å². The van der Waals surface area contributed by atoms with Gasteiger partial charge in [0, 0.05) is 4.88 Å². The van der Waals surface area contributed by atoms with Crippen molar-refractivity contribution < 1.29 is 13.9 Å². The molecule has 0 aliphatic heterocycles. The average Bonchev–Trinajstić information content (AvgIpc) is 2.96. The first kappa shape index (κ1) is 18.8. The van der Waals surface area contributed by atoms with Gasteiger partial charge in [-0.25, -0.2) is 9.18 Å². The summed E-state index contributed by atoms with van der Waals surface area (Å²) in [4.78, 5) is 13.8. The molecule has 3 rings (SSSR count). The van der Waals surface area contributed by atoms with Crippen molar-refractivity contribution in [3.05, 3.63) is 46.1 Å². The second-order valence-electron chi connectivity index (χ2n) is 6.22. The van der Waals surface area contributed by atoms with Crippen molar-refractivity contribution in [3.63, 3.8) is 0 Å². The molecule has 1 unspecified atom stereocenters. The molecule has 138 valence electrons. The zero-order valence-electron chi connectivity index (χ0n) is 14.7. The van der Waals surface area contributed by atoms with Gasteiger partial charge in [0.05, 0.1) is 17.9 Å². The maximum atomic E-state index is 13.8. The van der Waals surface area contributed by atoms with E-state index in [0.717, 1.165) is 24.8 Å². The maximum Gasteiger partial charge on any atom is 0.341 e. The van der Waals surface area contributed by atoms with E-state index in [1.165, 1.54) is 22.3 Å². The first-order valence-corrected chi connectivity index (χ1v) is 9.89. The number of rotatable bonds is 4. The van der Waals surface area contributed by atoms with Crippen LogP contribution in [0.25, 0.3) is 0 Å². The fraction of sp³-hybridized carbons (Fsp3) is 0.368. The van der Waals surface area contributed by atoms with Gasteiger partial charge in [0.1, 0.15) is 10.8 Å². The third-order valence-corrected chi connectivity index (χ3v) is 5.77. The molecule has 1 heterocycles. The molecule has 0 saturated heterocycles. The minimum absolute atomic E-state index is 0.242. The molecular formula is C19H21FN2O2S2. The monoisotopic (exact) mass is 392 g/mol. The van der Waals surface area contributed by atoms with Gasteiger partial charge in [-0.2, -0.15) is 0 Å². The van der Waals surface area contributed by atoms with Gasteiger partial charge in [-0.1, -0.05) is 19.1 Å². The molecule has 2 aromatic rings. The van der Waals surface area contributed by atoms with E-state index in [4.69, 9.17) is 17.0 Å². The number of anilines is 2. The van der Waals surface area contributed by atoms with Crippen LogP contribution in [0.2, 0.25) is 0 Å². The number of hydrogen-bond acceptors (Lipinski definition) is 4. The summed E-state index contributed by atoms with van der Waals surface area (Å²) in [6.45, 7) is 4.24. The van der Waals surface area contributed by atoms with Crippen LogP contribution in [0.15, 0.2) is 24.3 Å². The highest BCUT2D eigenvalue weighted by Gasteiger charge is 2.30. The molecular weight excluding hydrogens is 371 g/mol. The van der Waals surface area contributed by atoms with E-state index in [1.54, 1.807) is 25.1 Å². The van der Waals surface area contributed by atoms with Crippen LogP contribution in [0.1, 0.15) is 53.4 Å². The number of ether oxygens (including phenoxy) is 1. The molecule has 0 amide bonds. The molecule has 1 atom stereocenters. The number of aryl methyl sites for hydroxylation is 1. The molecule has 1 aromatic carbocycles. The van der Waals surface area contributed by atoms with Crippen LogP contribution in [-0.4, -0.2) is 17.7 Å². The first-order chi connectivity index (χ1) is 12.5. The quantitative estimate of drug-likeness (QED) is 0.545. The number of carbonyl (C=O) groups excluding carboxylic acids is 1. The first-order valence-electron chi connectivity index (χ1n) is 8.66. The Morgan fingerprint density at radius 2 is 2.15 bits per heavy atom. The third-order valence-electron chi connectivity index (χ3n) is 4.38. The fourth-order valence-corrected chi connectivity index (χ4v) is 4.86. The highest BCUT2D eigenvalue weighted by atomic mass is 32.1. The van der Waals surface area contributed by atoms with Crippen molar-refractivity contribution in [2.24, 2.45) is 0 Å². The van der Waals surface area contributed by atoms with Gasteiger partial charge in [-0.05, 0) is 62.0 Å². The van der Waals surface area contributed by atoms with Crippen molar-refractivity contribution >= 4 is 45.3 Å². The fourth-order valence-electron chi connectivity index (χ4n) is 3.22. The Labute approximate surface area is 161 Å². The summed E-state index contributed by atoms with van der Waals surface area (Å²) >= 11 is 6.85. The van der Waals surface area contributed by atoms with Crippen LogP contribution in [0.4, 0.5) is 15.1 Å². The largest absolute Gasteiger partial charge is 0.462 e. The number of halogens is 1. The number of nitrogens with one attached hydrogen (secondary N) is 2. The van der Waals surface area contributed by atoms with Crippen LogP contribution in [0.5, 0.6) is 0 Å². The van der Waals surface area contributed by atoms with Crippen LogP contribution >= 0.6 is 23.6 Å². The normalized spacial score (nSPS) is 15.9. The number of hydrogen-bond donors (Lipinski definition) is 2. The van der Waals surface area contributed by atoms with E-state index in [2.05, 4.69) is 17.6 Å². The van der Waals surface area contributed by atoms with Crippen molar-refractivity contribution in [1.82, 2.24) is 0 Å². The predicted molar refractivity (Wildman–Crippen MR) is 108 cm³/mol. The van der Waals surface area contributed by atoms with Gasteiger partial charge >= 0.3 is 5.97 Å². The number of benzene rings is 1. The van der Waals surface area contributed by atoms with Crippen molar-refractivity contribution in [2.45, 2.75) is 39.0 Å². The van der Waals surface area contributed by atoms with Crippen LogP contribution < -0.4 is 10.6 Å². The Morgan fingerprint density at radius 3 is 2.88 bits per heavy atom. The van der Waals surface area contributed by atoms with Gasteiger partial charge in [-0.15, -0.1) is 11.3 Å². The molecule has 4 nitrogen and oxygen atoms in total. The predicted octanol–water partition coefficient (Wildman–Crippen LogP) is 5.31. The molecule has 0 fully saturated rings. The lowest BCUT2D eigenvalue weighted by Gasteiger charge is -2.19. The average molecular weight is 393 g/mol. The SMILES string of the molecule is CCOC(=O)c1c(NC(=S)Nc2ccccc2F)sc2c1C(C)CCC2. The Kier molecular flexibility index (Phi) is 5.88. The lowest BCUT2D eigenvalue weighted by molar-refractivity contribution is 0.0526. The molecule has 1 aliphatic rings. The standard InChI is InChI=1S/C19H21FN2O2S2/c1-3-24-18(23)16-15-11(2)7-6-10-14(15)26-17(16)22-19(25)21-13-9-5-4-8-12(13)20/h4-5,8-9,11H,3,6-7,10H2,1-2H3,(H2,21,22,25). The molecule has 1 aliphatic carbocycles. The highest BCUT2D eigenvalue weighted by molar-refractivity contribution is 7.80. The van der Waals surface area contributed by atoms with Gasteiger partial charge in [-0.3, -0.25) is 0 Å². The van der Waals surface area contributed by atoms with E-state index >= 15 is 0 Å². The topological polar surface area (TPSA) is 50.4 Å². The van der Waals surface area contributed by atoms with E-state index in [0.29, 0.717) is 23.1 Å². The number of carbonyl (C=O) groups is 1. The van der Waals surface area contributed by atoms with Gasteiger partial charge in [0.2, 0.25) is 0 Å². The Balaban J connectivity index is 1.88. The van der Waals surface area contributed by atoms with Gasteiger partial charge in [0.15, 0.2) is 5.11 Å². The highest BCUT2D eigenvalue weighted by Crippen LogP contribution is 2.43. The summed E-state index contributed by atoms with van der Waals surface area (Å²) in [5.74, 6) is -0.422. The van der Waals surface area contributed by atoms with Crippen molar-refractivity contribution in [1.29, 1.82) is 0 Å². The van der Waals surface area contributed by atoms with Crippen LogP contribution in [-0.2, 0) is 11.2 Å². The van der Waals surface area contributed by atoms with Crippen LogP contribution in [0, 0.1) is 5.82 Å². The molecule has 0 bridgehead atoms. The maximum absolute atomic E-state index is 13.8. The Morgan fingerprint density at radius 1 is 1.38 bits per heavy atom. The summed E-state index contributed by atoms with van der Waals surface area (Å²) in [5.41, 5.74) is 1.92. The number of thiocarbonyl (C=S) groups is 1. The lowest BCUT2D eigenvalue weighted by Crippen LogP contribution is -2.21. The zero-order chi connectivity index (χ0) is 18.7. The molecule has 26 heavy (non-hydrogen) atoms. The molecule has 1 aromatic heterocycles. The minimum Gasteiger partial charge on any atom is -0.462 e. The summed E-state index contributed by atoms with van der Waals surface area (Å²) in [5, 5.41) is 6.83. The van der Waals surface area contributed by atoms with E-state index in [-0.39, 0.29) is 22.6 Å². The molecule has 0 radical (unpaired) electrons. The van der Waals surface area contributed by atoms with Crippen LogP contribution in [0.3, 0.4) is 0 Å². The molecule has 0 saturated carbocycles. The zero-order valence-corrected chi connectivity index (χ0v) is 16.4. The third kappa shape index (κ3) is 3.88. The number of thiophene rings is 1. The van der Waals surface area contributed by atoms with Gasteiger partial charge < -0.3 is 15.4 Å². The molecule has 2 N–H and O–H groups in total. The molecule has 0 spiro atoms. The van der Waals surface area contributed by atoms with E-state index in [9.17, 15) is 9.18 Å². The number of para-hydroxylation sites is 1. The van der Waals surface area contributed by atoms with E-state index in [1.807, 2.05) is 0 Å². The summed E-state index contributed by atoms with van der Waals surface area (Å²) in [6, 6.07) is 6.31. The number of fused-ring (bicyclic) bond motifs is 1. The second kappa shape index (κ2) is 8.14. The second-order valence-corrected chi connectivity index (χ2v) is 7.73. The molecule has 7 heteroatoms. The minimum atomic E-state index is -0.388. The van der Waals surface area contributed by atoms with Crippen molar-refractivity contribution in [2.75, 3.05) is 17.2 Å². The smallest absolute Gasteiger partial charge is 0.341 e. The Hall–Kier alpha value is -1.99. The van der Waals surface area contributed by atoms with E-state index < -0.39 is 0 Å². The summed E-state index contributed by atoms with van der Waals surface area (Å²) in [7, 11) is 0. The number of esters is 1. The summed E-state index contributed by atoms with van der Waals surface area (Å²) in [6.07, 6.45) is 3.10. The lowest BCUT2D eigenvalue weighted by atomic mass is 9.86. The van der Waals surface area contributed by atoms with Crippen molar-refractivity contribution in [3.8, 4) is 0 Å².